The minimum atomic E-state index is -0.820. The van der Waals surface area contributed by atoms with Gasteiger partial charge in [0, 0.05) is 17.1 Å². The highest BCUT2D eigenvalue weighted by Crippen LogP contribution is 2.33. The summed E-state index contributed by atoms with van der Waals surface area (Å²) >= 11 is 11.8. The van der Waals surface area contributed by atoms with Gasteiger partial charge < -0.3 is 10.2 Å². The maximum absolute atomic E-state index is 11.4. The van der Waals surface area contributed by atoms with E-state index < -0.39 is 12.0 Å². The maximum atomic E-state index is 11.4. The highest BCUT2D eigenvalue weighted by molar-refractivity contribution is 6.35. The van der Waals surface area contributed by atoms with Gasteiger partial charge in [-0.05, 0) is 31.5 Å². The molecule has 0 saturated carbocycles. The average molecular weight is 318 g/mol. The molecule has 0 aliphatic carbocycles. The molecule has 1 aromatic rings. The molecule has 0 radical (unpaired) electrons. The zero-order valence-corrected chi connectivity index (χ0v) is 12.5. The predicted octanol–water partition coefficient (Wildman–Crippen LogP) is 3.53. The topological polar surface area (TPSA) is 60.8 Å². The number of hydrogen-bond donors (Lipinski definition) is 2. The van der Waals surface area contributed by atoms with Crippen LogP contribution in [0, 0.1) is 0 Å². The van der Waals surface area contributed by atoms with E-state index in [4.69, 9.17) is 23.2 Å². The van der Waals surface area contributed by atoms with Crippen molar-refractivity contribution in [2.24, 2.45) is 0 Å². The van der Waals surface area contributed by atoms with Crippen LogP contribution >= 0.6 is 23.2 Å². The number of nitrogens with zero attached hydrogens (tertiary/aromatic N) is 1. The number of carboxylic acid groups (broad SMARTS) is 1. The third-order valence-electron chi connectivity index (χ3n) is 3.63. The Morgan fingerprint density at radius 2 is 2.05 bits per heavy atom. The molecule has 110 valence electrons. The number of halogens is 2. The molecule has 1 atom stereocenters. The number of rotatable bonds is 3. The van der Waals surface area contributed by atoms with E-state index in [0.717, 1.165) is 19.3 Å². The lowest BCUT2D eigenvalue weighted by atomic mass is 10.1. The van der Waals surface area contributed by atoms with Gasteiger partial charge in [0.15, 0.2) is 0 Å². The summed E-state index contributed by atoms with van der Waals surface area (Å²) in [4.78, 5) is 13.2. The van der Waals surface area contributed by atoms with Gasteiger partial charge in [-0.2, -0.15) is 0 Å². The molecular formula is C14H17Cl2NO3. The first-order valence-corrected chi connectivity index (χ1v) is 7.38. The number of aliphatic carboxylic acids is 1. The molecule has 0 amide bonds. The second-order valence-corrected chi connectivity index (χ2v) is 5.91. The summed E-state index contributed by atoms with van der Waals surface area (Å²) in [5.41, 5.74) is 0.565. The van der Waals surface area contributed by atoms with Crippen LogP contribution in [0.5, 0.6) is 5.75 Å². The molecule has 2 rings (SSSR count). The fourth-order valence-electron chi connectivity index (χ4n) is 2.60. The van der Waals surface area contributed by atoms with Crippen LogP contribution in [-0.4, -0.2) is 33.7 Å². The lowest BCUT2D eigenvalue weighted by Crippen LogP contribution is -2.40. The largest absolute Gasteiger partial charge is 0.506 e. The van der Waals surface area contributed by atoms with Gasteiger partial charge in [0.05, 0.1) is 5.02 Å². The van der Waals surface area contributed by atoms with E-state index in [1.54, 1.807) is 6.07 Å². The summed E-state index contributed by atoms with van der Waals surface area (Å²) in [5.74, 6) is -0.844. The molecule has 1 aromatic carbocycles. The highest BCUT2D eigenvalue weighted by atomic mass is 35.5. The summed E-state index contributed by atoms with van der Waals surface area (Å²) in [6, 6.07) is 2.58. The zero-order valence-electron chi connectivity index (χ0n) is 11.0. The summed E-state index contributed by atoms with van der Waals surface area (Å²) in [7, 11) is 0. The Morgan fingerprint density at radius 1 is 1.30 bits per heavy atom. The second kappa shape index (κ2) is 6.66. The van der Waals surface area contributed by atoms with Gasteiger partial charge in [0.2, 0.25) is 0 Å². The van der Waals surface area contributed by atoms with Crippen molar-refractivity contribution in [2.75, 3.05) is 6.54 Å². The van der Waals surface area contributed by atoms with Crippen LogP contribution < -0.4 is 0 Å². The summed E-state index contributed by atoms with van der Waals surface area (Å²) in [6.45, 7) is 1.03. The molecule has 0 bridgehead atoms. The molecule has 0 aromatic heterocycles. The fourth-order valence-corrected chi connectivity index (χ4v) is 3.13. The van der Waals surface area contributed by atoms with Gasteiger partial charge in [-0.1, -0.05) is 36.0 Å². The van der Waals surface area contributed by atoms with E-state index in [-0.39, 0.29) is 10.8 Å². The van der Waals surface area contributed by atoms with Gasteiger partial charge in [0.25, 0.3) is 0 Å². The van der Waals surface area contributed by atoms with Gasteiger partial charge in [0.1, 0.15) is 11.8 Å². The van der Waals surface area contributed by atoms with Crippen LogP contribution in [0.1, 0.15) is 31.2 Å². The molecule has 1 unspecified atom stereocenters. The Bertz CT molecular complexity index is 507. The molecule has 1 saturated heterocycles. The Balaban J connectivity index is 2.24. The number of carbonyl (C=O) groups is 1. The van der Waals surface area contributed by atoms with Gasteiger partial charge >= 0.3 is 5.97 Å². The Hall–Kier alpha value is -0.970. The third-order valence-corrected chi connectivity index (χ3v) is 4.14. The van der Waals surface area contributed by atoms with E-state index >= 15 is 0 Å². The molecule has 1 aliphatic rings. The minimum absolute atomic E-state index is 0.0237. The van der Waals surface area contributed by atoms with Crippen LogP contribution in [0.4, 0.5) is 0 Å². The van der Waals surface area contributed by atoms with Crippen molar-refractivity contribution in [1.29, 1.82) is 0 Å². The van der Waals surface area contributed by atoms with Crippen molar-refractivity contribution in [3.05, 3.63) is 27.7 Å². The van der Waals surface area contributed by atoms with Gasteiger partial charge in [-0.3, -0.25) is 9.69 Å². The monoisotopic (exact) mass is 317 g/mol. The Labute approximate surface area is 127 Å². The lowest BCUT2D eigenvalue weighted by Gasteiger charge is -2.27. The third kappa shape index (κ3) is 3.57. The van der Waals surface area contributed by atoms with Crippen molar-refractivity contribution < 1.29 is 15.0 Å². The smallest absolute Gasteiger partial charge is 0.320 e. The SMILES string of the molecule is O=C(O)C1CCCCCN1Cc1cc(Cl)cc(Cl)c1O. The van der Waals surface area contributed by atoms with Crippen molar-refractivity contribution in [1.82, 2.24) is 4.90 Å². The number of phenolic OH excluding ortho intramolecular Hbond substituents is 1. The number of likely N-dealkylation sites (tertiary alicyclic amines) is 1. The Morgan fingerprint density at radius 3 is 2.75 bits per heavy atom. The highest BCUT2D eigenvalue weighted by Gasteiger charge is 2.27. The quantitative estimate of drug-likeness (QED) is 0.895. The average Bonchev–Trinajstić information content (AvgIpc) is 2.60. The van der Waals surface area contributed by atoms with Crippen molar-refractivity contribution in [3.63, 3.8) is 0 Å². The molecule has 1 fully saturated rings. The Kier molecular flexibility index (Phi) is 5.13. The van der Waals surface area contributed by atoms with Crippen LogP contribution in [0.15, 0.2) is 12.1 Å². The van der Waals surface area contributed by atoms with E-state index in [1.165, 1.54) is 6.07 Å². The first-order chi connectivity index (χ1) is 9.49. The molecule has 4 nitrogen and oxygen atoms in total. The van der Waals surface area contributed by atoms with Crippen molar-refractivity contribution >= 4 is 29.2 Å². The number of phenols is 1. The molecule has 1 aliphatic heterocycles. The zero-order chi connectivity index (χ0) is 14.7. The lowest BCUT2D eigenvalue weighted by molar-refractivity contribution is -0.143. The normalized spacial score (nSPS) is 20.6. The van der Waals surface area contributed by atoms with Crippen molar-refractivity contribution in [3.8, 4) is 5.75 Å². The van der Waals surface area contributed by atoms with Gasteiger partial charge in [-0.15, -0.1) is 0 Å². The molecule has 0 spiro atoms. The first-order valence-electron chi connectivity index (χ1n) is 6.63. The summed E-state index contributed by atoms with van der Waals surface area (Å²) in [5, 5.41) is 19.9. The standard InChI is InChI=1S/C14H17Cl2NO3/c15-10-6-9(13(18)11(16)7-10)8-17-5-3-1-2-4-12(17)14(19)20/h6-7,12,18H,1-5,8H2,(H,19,20). The van der Waals surface area contributed by atoms with Crippen molar-refractivity contribution in [2.45, 2.75) is 38.3 Å². The van der Waals surface area contributed by atoms with Crippen LogP contribution in [-0.2, 0) is 11.3 Å². The molecule has 1 heterocycles. The number of carboxylic acids is 1. The molecular weight excluding hydrogens is 301 g/mol. The van der Waals surface area contributed by atoms with Crippen LogP contribution in [0.2, 0.25) is 10.0 Å². The second-order valence-electron chi connectivity index (χ2n) is 5.07. The maximum Gasteiger partial charge on any atom is 0.320 e. The molecule has 6 heteroatoms. The van der Waals surface area contributed by atoms with E-state index in [0.29, 0.717) is 30.1 Å². The predicted molar refractivity (Wildman–Crippen MR) is 78.4 cm³/mol. The minimum Gasteiger partial charge on any atom is -0.506 e. The van der Waals surface area contributed by atoms with Crippen LogP contribution in [0.25, 0.3) is 0 Å². The van der Waals surface area contributed by atoms with E-state index in [2.05, 4.69) is 0 Å². The number of benzene rings is 1. The van der Waals surface area contributed by atoms with E-state index in [1.807, 2.05) is 4.90 Å². The van der Waals surface area contributed by atoms with E-state index in [9.17, 15) is 15.0 Å². The van der Waals surface area contributed by atoms with Crippen LogP contribution in [0.3, 0.4) is 0 Å². The summed E-state index contributed by atoms with van der Waals surface area (Å²) < 4.78 is 0. The summed E-state index contributed by atoms with van der Waals surface area (Å²) in [6.07, 6.45) is 3.53. The number of hydrogen-bond acceptors (Lipinski definition) is 3. The molecule has 2 N–H and O–H groups in total. The van der Waals surface area contributed by atoms with Gasteiger partial charge in [-0.25, -0.2) is 0 Å². The molecule has 20 heavy (non-hydrogen) atoms. The first kappa shape index (κ1) is 15.4. The fraction of sp³-hybridized carbons (Fsp3) is 0.500. The number of aromatic hydroxyl groups is 1.